The molecule has 1 heteroatoms. The van der Waals surface area contributed by atoms with Gasteiger partial charge in [0.05, 0.1) is 5.41 Å². The second kappa shape index (κ2) is 3.20. The molecule has 0 spiro atoms. The number of allylic oxidation sites excluding steroid dienone is 2. The van der Waals surface area contributed by atoms with Gasteiger partial charge in [-0.05, 0) is 31.9 Å². The van der Waals surface area contributed by atoms with Crippen molar-refractivity contribution in [3.8, 4) is 0 Å². The molecular weight excluding hydrogens is 232 g/mol. The lowest BCUT2D eigenvalue weighted by atomic mass is 9.41. The van der Waals surface area contributed by atoms with E-state index in [1.54, 1.807) is 0 Å². The molecule has 1 aromatic rings. The smallest absolute Gasteiger partial charge is 0.153 e. The molecule has 3 aliphatic carbocycles. The third kappa shape index (κ3) is 1.04. The standard InChI is InChI=1S/C18H22O/c1-11-12(2)18(6)14-10-8-7-9-13(14)17(11,5)15(19)16(18,3)4/h7-10H,1-6H3/t17-,18+/m1/s1. The summed E-state index contributed by atoms with van der Waals surface area (Å²) in [7, 11) is 0. The molecule has 0 aromatic heterocycles. The van der Waals surface area contributed by atoms with Crippen molar-refractivity contribution < 1.29 is 4.79 Å². The van der Waals surface area contributed by atoms with Crippen molar-refractivity contribution in [2.45, 2.75) is 52.4 Å². The number of fused-ring (bicyclic) bond motifs is 1. The van der Waals surface area contributed by atoms with E-state index in [-0.39, 0.29) is 10.8 Å². The van der Waals surface area contributed by atoms with Crippen molar-refractivity contribution in [2.24, 2.45) is 5.41 Å². The van der Waals surface area contributed by atoms with Gasteiger partial charge in [0.25, 0.3) is 0 Å². The number of carbonyl (C=O) groups is 1. The van der Waals surface area contributed by atoms with Crippen LogP contribution in [-0.2, 0) is 15.6 Å². The van der Waals surface area contributed by atoms with E-state index in [2.05, 4.69) is 65.8 Å². The maximum Gasteiger partial charge on any atom is 0.153 e. The monoisotopic (exact) mass is 254 g/mol. The molecule has 2 bridgehead atoms. The maximum absolute atomic E-state index is 13.1. The molecule has 3 aliphatic rings. The van der Waals surface area contributed by atoms with Crippen LogP contribution in [0.25, 0.3) is 0 Å². The van der Waals surface area contributed by atoms with Gasteiger partial charge in [0.15, 0.2) is 5.78 Å². The first-order valence-corrected chi connectivity index (χ1v) is 7.03. The van der Waals surface area contributed by atoms with Gasteiger partial charge in [-0.15, -0.1) is 0 Å². The minimum Gasteiger partial charge on any atom is -0.298 e. The quantitative estimate of drug-likeness (QED) is 0.635. The van der Waals surface area contributed by atoms with Gasteiger partial charge < -0.3 is 0 Å². The molecule has 19 heavy (non-hydrogen) atoms. The summed E-state index contributed by atoms with van der Waals surface area (Å²) in [6.45, 7) is 12.9. The molecule has 100 valence electrons. The molecule has 1 aromatic carbocycles. The van der Waals surface area contributed by atoms with Crippen molar-refractivity contribution in [2.75, 3.05) is 0 Å². The Morgan fingerprint density at radius 2 is 1.37 bits per heavy atom. The number of Topliss-reactive ketones (excluding diaryl/α,β-unsaturated/α-hetero) is 1. The highest BCUT2D eigenvalue weighted by Crippen LogP contribution is 2.63. The van der Waals surface area contributed by atoms with Gasteiger partial charge in [-0.3, -0.25) is 4.79 Å². The van der Waals surface area contributed by atoms with Crippen LogP contribution in [0.1, 0.15) is 52.7 Å². The lowest BCUT2D eigenvalue weighted by Crippen LogP contribution is -2.62. The largest absolute Gasteiger partial charge is 0.298 e. The van der Waals surface area contributed by atoms with Crippen LogP contribution in [0.15, 0.2) is 35.4 Å². The first kappa shape index (κ1) is 12.7. The molecule has 1 nitrogen and oxygen atoms in total. The zero-order valence-corrected chi connectivity index (χ0v) is 12.7. The van der Waals surface area contributed by atoms with Crippen LogP contribution in [0.4, 0.5) is 0 Å². The summed E-state index contributed by atoms with van der Waals surface area (Å²) in [6, 6.07) is 8.49. The third-order valence-electron chi connectivity index (χ3n) is 6.34. The molecule has 0 heterocycles. The van der Waals surface area contributed by atoms with Crippen molar-refractivity contribution in [3.63, 3.8) is 0 Å². The Hall–Kier alpha value is -1.37. The van der Waals surface area contributed by atoms with Gasteiger partial charge in [-0.2, -0.15) is 0 Å². The second-order valence-electron chi connectivity index (χ2n) is 7.00. The fraction of sp³-hybridized carbons (Fsp3) is 0.500. The Morgan fingerprint density at radius 3 is 1.95 bits per heavy atom. The molecule has 0 N–H and O–H groups in total. The van der Waals surface area contributed by atoms with Gasteiger partial charge in [-0.25, -0.2) is 0 Å². The highest BCUT2D eigenvalue weighted by molar-refractivity contribution is 6.03. The zero-order valence-electron chi connectivity index (χ0n) is 12.7. The number of carbonyl (C=O) groups excluding carboxylic acids is 1. The minimum atomic E-state index is -0.443. The number of hydrogen-bond acceptors (Lipinski definition) is 1. The van der Waals surface area contributed by atoms with E-state index in [0.717, 1.165) is 0 Å². The lowest BCUT2D eigenvalue weighted by Gasteiger charge is -2.60. The average Bonchev–Trinajstić information content (AvgIpc) is 2.40. The molecule has 4 rings (SSSR count). The molecule has 0 fully saturated rings. The van der Waals surface area contributed by atoms with E-state index in [9.17, 15) is 4.79 Å². The fourth-order valence-corrected chi connectivity index (χ4v) is 4.46. The third-order valence-corrected chi connectivity index (χ3v) is 6.34. The zero-order chi connectivity index (χ0) is 14.2. The van der Waals surface area contributed by atoms with E-state index < -0.39 is 5.41 Å². The van der Waals surface area contributed by atoms with Gasteiger partial charge in [0.1, 0.15) is 0 Å². The Bertz CT molecular complexity index is 635. The molecule has 0 unspecified atom stereocenters. The van der Waals surface area contributed by atoms with Gasteiger partial charge in [-0.1, -0.05) is 56.2 Å². The first-order valence-electron chi connectivity index (χ1n) is 7.03. The summed E-state index contributed by atoms with van der Waals surface area (Å²) in [5.74, 6) is 0.365. The summed E-state index contributed by atoms with van der Waals surface area (Å²) < 4.78 is 0. The Kier molecular flexibility index (Phi) is 2.13. The fourth-order valence-electron chi connectivity index (χ4n) is 4.46. The normalized spacial score (nSPS) is 35.6. The summed E-state index contributed by atoms with van der Waals surface area (Å²) in [6.07, 6.45) is 0. The topological polar surface area (TPSA) is 17.1 Å². The Morgan fingerprint density at radius 1 is 0.842 bits per heavy atom. The Labute approximate surface area is 115 Å². The molecule has 0 aliphatic heterocycles. The summed E-state index contributed by atoms with van der Waals surface area (Å²) >= 11 is 0. The molecule has 2 atom stereocenters. The summed E-state index contributed by atoms with van der Waals surface area (Å²) in [5, 5.41) is 0. The van der Waals surface area contributed by atoms with Crippen LogP contribution < -0.4 is 0 Å². The summed E-state index contributed by atoms with van der Waals surface area (Å²) in [5.41, 5.74) is 4.20. The highest BCUT2D eigenvalue weighted by atomic mass is 16.1. The average molecular weight is 254 g/mol. The molecule has 0 radical (unpaired) electrons. The van der Waals surface area contributed by atoms with Crippen molar-refractivity contribution in [1.29, 1.82) is 0 Å². The van der Waals surface area contributed by atoms with E-state index >= 15 is 0 Å². The number of benzene rings is 1. The number of rotatable bonds is 0. The second-order valence-corrected chi connectivity index (χ2v) is 7.00. The number of hydrogen-bond donors (Lipinski definition) is 0. The Balaban J connectivity index is 2.54. The number of ketones is 1. The van der Waals surface area contributed by atoms with Crippen LogP contribution in [-0.4, -0.2) is 5.78 Å². The van der Waals surface area contributed by atoms with Crippen LogP contribution in [0.2, 0.25) is 0 Å². The molecule has 0 amide bonds. The van der Waals surface area contributed by atoms with E-state index in [4.69, 9.17) is 0 Å². The molecular formula is C18H22O. The SMILES string of the molecule is CC1=C(C)[C@@]2(C)c3ccccc3[C@]1(C)C(=O)C2(C)C. The molecule has 0 saturated carbocycles. The van der Waals surface area contributed by atoms with E-state index in [0.29, 0.717) is 5.78 Å². The van der Waals surface area contributed by atoms with Crippen LogP contribution in [0.5, 0.6) is 0 Å². The minimum absolute atomic E-state index is 0.178. The first-order chi connectivity index (χ1) is 8.70. The molecule has 0 saturated heterocycles. The highest BCUT2D eigenvalue weighted by Gasteiger charge is 2.64. The summed E-state index contributed by atoms with van der Waals surface area (Å²) in [4.78, 5) is 13.1. The van der Waals surface area contributed by atoms with Crippen molar-refractivity contribution in [3.05, 3.63) is 46.5 Å². The predicted octanol–water partition coefficient (Wildman–Crippen LogP) is 4.16. The maximum atomic E-state index is 13.1. The lowest BCUT2D eigenvalue weighted by molar-refractivity contribution is -0.137. The van der Waals surface area contributed by atoms with Crippen LogP contribution in [0, 0.1) is 5.41 Å². The van der Waals surface area contributed by atoms with E-state index in [1.165, 1.54) is 22.3 Å². The predicted molar refractivity (Wildman–Crippen MR) is 78.3 cm³/mol. The van der Waals surface area contributed by atoms with Gasteiger partial charge in [0.2, 0.25) is 0 Å². The van der Waals surface area contributed by atoms with Crippen LogP contribution in [0.3, 0.4) is 0 Å². The van der Waals surface area contributed by atoms with Crippen LogP contribution >= 0.6 is 0 Å². The van der Waals surface area contributed by atoms with Crippen molar-refractivity contribution in [1.82, 2.24) is 0 Å². The van der Waals surface area contributed by atoms with Crippen molar-refractivity contribution >= 4 is 5.78 Å². The van der Waals surface area contributed by atoms with Gasteiger partial charge in [0, 0.05) is 10.8 Å². The van der Waals surface area contributed by atoms with Gasteiger partial charge >= 0.3 is 0 Å². The van der Waals surface area contributed by atoms with E-state index in [1.807, 2.05) is 0 Å².